The third-order valence-electron chi connectivity index (χ3n) is 3.90. The Bertz CT molecular complexity index is 703. The second kappa shape index (κ2) is 13.4. The van der Waals surface area contributed by atoms with Crippen molar-refractivity contribution >= 4 is 48.2 Å². The molecule has 0 spiro atoms. The van der Waals surface area contributed by atoms with Gasteiger partial charge in [-0.2, -0.15) is 12.6 Å². The number of nitrogens with two attached hydrogens (primary N) is 2. The Kier molecular flexibility index (Phi) is 12.1. The minimum atomic E-state index is -1.68. The van der Waals surface area contributed by atoms with Crippen LogP contribution in [-0.4, -0.2) is 86.9 Å². The number of carboxylic acids is 2. The number of carboxylic acid groups (broad SMARTS) is 2. The highest BCUT2D eigenvalue weighted by Gasteiger charge is 2.32. The molecule has 5 unspecified atom stereocenters. The number of thiol groups is 1. The predicted octanol–water partition coefficient (Wildman–Crippen LogP) is -4.10. The topological polar surface area (TPSA) is 251 Å². The number of carbonyl (C=O) groups is 6. The van der Waals surface area contributed by atoms with Crippen LogP contribution >= 0.6 is 12.6 Å². The van der Waals surface area contributed by atoms with Gasteiger partial charge in [-0.05, 0) is 13.3 Å². The van der Waals surface area contributed by atoms with Crippen LogP contribution in [0, 0.1) is 0 Å². The molecule has 0 fully saturated rings. The minimum absolute atomic E-state index is 0.183. The molecular weight excluding hydrogens is 438 g/mol. The van der Waals surface area contributed by atoms with Gasteiger partial charge in [0.25, 0.3) is 0 Å². The highest BCUT2D eigenvalue weighted by atomic mass is 32.1. The molecule has 0 aromatic carbocycles. The molecule has 0 saturated carbocycles. The number of carbonyl (C=O) groups excluding carboxylic acids is 4. The summed E-state index contributed by atoms with van der Waals surface area (Å²) in [6.07, 6.45) is -2.75. The largest absolute Gasteiger partial charge is 0.481 e. The summed E-state index contributed by atoms with van der Waals surface area (Å²) in [5, 5.41) is 33.9. The number of hydrogen-bond acceptors (Lipinski definition) is 9. The Hall–Kier alpha value is -2.91. The molecule has 0 bridgehead atoms. The fourth-order valence-corrected chi connectivity index (χ4v) is 2.46. The van der Waals surface area contributed by atoms with Crippen molar-refractivity contribution in [3.63, 3.8) is 0 Å². The van der Waals surface area contributed by atoms with Crippen LogP contribution in [0.1, 0.15) is 26.2 Å². The first-order valence-corrected chi connectivity index (χ1v) is 9.61. The number of amides is 4. The smallest absolute Gasteiger partial charge is 0.326 e. The van der Waals surface area contributed by atoms with E-state index in [1.165, 1.54) is 0 Å². The Balaban J connectivity index is 5.16. The van der Waals surface area contributed by atoms with Crippen molar-refractivity contribution in [1.82, 2.24) is 16.0 Å². The van der Waals surface area contributed by atoms with Crippen LogP contribution in [0.2, 0.25) is 0 Å². The lowest BCUT2D eigenvalue weighted by Crippen LogP contribution is -2.60. The van der Waals surface area contributed by atoms with Gasteiger partial charge in [-0.3, -0.25) is 24.0 Å². The first-order chi connectivity index (χ1) is 14.3. The molecule has 10 N–H and O–H groups in total. The molecule has 0 aliphatic rings. The minimum Gasteiger partial charge on any atom is -0.481 e. The van der Waals surface area contributed by atoms with Gasteiger partial charge in [0.15, 0.2) is 0 Å². The SMILES string of the molecule is CC(O)C(NC(=O)C(CS)NC(=O)C(N)CCC(=O)O)C(=O)NC(CC(N)=O)C(=O)O. The van der Waals surface area contributed by atoms with Crippen molar-refractivity contribution in [2.75, 3.05) is 5.75 Å². The molecule has 0 heterocycles. The van der Waals surface area contributed by atoms with Crippen LogP contribution in [-0.2, 0) is 28.8 Å². The Labute approximate surface area is 182 Å². The van der Waals surface area contributed by atoms with Crippen molar-refractivity contribution < 1.29 is 44.1 Å². The van der Waals surface area contributed by atoms with E-state index in [-0.39, 0.29) is 18.6 Å². The first-order valence-electron chi connectivity index (χ1n) is 8.98. The molecule has 0 aromatic heterocycles. The van der Waals surface area contributed by atoms with E-state index >= 15 is 0 Å². The van der Waals surface area contributed by atoms with Crippen LogP contribution in [0.5, 0.6) is 0 Å². The molecule has 0 saturated heterocycles. The Morgan fingerprint density at radius 2 is 1.48 bits per heavy atom. The second-order valence-corrected chi connectivity index (χ2v) is 6.94. The standard InChI is InChI=1S/C16H27N5O9S/c1-6(22)12(15(28)19-8(16(29)30)4-10(18)23)21-14(27)9(5-31)20-13(26)7(17)2-3-11(24)25/h6-9,12,22,31H,2-5,17H2,1H3,(H2,18,23)(H,19,28)(H,20,26)(H,21,27)(H,24,25)(H,29,30). The molecule has 0 aliphatic heterocycles. The number of aliphatic carboxylic acids is 2. The van der Waals surface area contributed by atoms with Gasteiger partial charge in [0.1, 0.15) is 18.1 Å². The van der Waals surface area contributed by atoms with Gasteiger partial charge in [-0.25, -0.2) is 4.79 Å². The van der Waals surface area contributed by atoms with Gasteiger partial charge in [0, 0.05) is 12.2 Å². The maximum Gasteiger partial charge on any atom is 0.326 e. The van der Waals surface area contributed by atoms with Crippen molar-refractivity contribution in [2.24, 2.45) is 11.5 Å². The van der Waals surface area contributed by atoms with Crippen LogP contribution in [0.25, 0.3) is 0 Å². The molecule has 5 atom stereocenters. The molecule has 0 rings (SSSR count). The van der Waals surface area contributed by atoms with Crippen LogP contribution in [0.15, 0.2) is 0 Å². The first kappa shape index (κ1) is 28.1. The van der Waals surface area contributed by atoms with E-state index in [1.807, 2.05) is 5.32 Å². The summed E-state index contributed by atoms with van der Waals surface area (Å²) >= 11 is 3.93. The summed E-state index contributed by atoms with van der Waals surface area (Å²) < 4.78 is 0. The normalized spacial score (nSPS) is 15.5. The molecule has 4 amide bonds. The molecule has 176 valence electrons. The second-order valence-electron chi connectivity index (χ2n) is 6.58. The van der Waals surface area contributed by atoms with E-state index in [0.717, 1.165) is 6.92 Å². The lowest BCUT2D eigenvalue weighted by molar-refractivity contribution is -0.144. The van der Waals surface area contributed by atoms with E-state index in [9.17, 15) is 33.9 Å². The van der Waals surface area contributed by atoms with Gasteiger partial charge in [-0.1, -0.05) is 0 Å². The molecule has 0 aromatic rings. The predicted molar refractivity (Wildman–Crippen MR) is 108 cm³/mol. The van der Waals surface area contributed by atoms with E-state index < -0.39 is 72.3 Å². The van der Waals surface area contributed by atoms with Crippen LogP contribution < -0.4 is 27.4 Å². The molecule has 31 heavy (non-hydrogen) atoms. The average molecular weight is 465 g/mol. The monoisotopic (exact) mass is 465 g/mol. The zero-order valence-corrected chi connectivity index (χ0v) is 17.5. The lowest BCUT2D eigenvalue weighted by atomic mass is 10.1. The summed E-state index contributed by atoms with van der Waals surface area (Å²) in [6, 6.07) is -5.84. The van der Waals surface area contributed by atoms with Crippen LogP contribution in [0.4, 0.5) is 0 Å². The zero-order valence-electron chi connectivity index (χ0n) is 16.6. The number of hydrogen-bond donors (Lipinski definition) is 9. The van der Waals surface area contributed by atoms with Crippen molar-refractivity contribution in [3.05, 3.63) is 0 Å². The van der Waals surface area contributed by atoms with Crippen molar-refractivity contribution in [1.29, 1.82) is 0 Å². The fraction of sp³-hybridized carbons (Fsp3) is 0.625. The number of primary amides is 1. The Morgan fingerprint density at radius 3 is 1.90 bits per heavy atom. The van der Waals surface area contributed by atoms with E-state index in [2.05, 4.69) is 23.3 Å². The molecule has 0 aliphatic carbocycles. The number of rotatable bonds is 14. The summed E-state index contributed by atoms with van der Waals surface area (Å²) in [4.78, 5) is 69.4. The third kappa shape index (κ3) is 10.6. The summed E-state index contributed by atoms with van der Waals surface area (Å²) in [5.41, 5.74) is 10.5. The molecular formula is C16H27N5O9S. The number of nitrogens with one attached hydrogen (secondary N) is 3. The van der Waals surface area contributed by atoms with Crippen molar-refractivity contribution in [2.45, 2.75) is 56.5 Å². The summed E-state index contributed by atoms with van der Waals surface area (Å²) in [7, 11) is 0. The molecule has 0 radical (unpaired) electrons. The quantitative estimate of drug-likeness (QED) is 0.112. The summed E-state index contributed by atoms with van der Waals surface area (Å²) in [6.45, 7) is 1.14. The van der Waals surface area contributed by atoms with Crippen LogP contribution in [0.3, 0.4) is 0 Å². The van der Waals surface area contributed by atoms with E-state index in [4.69, 9.17) is 21.7 Å². The van der Waals surface area contributed by atoms with E-state index in [0.29, 0.717) is 0 Å². The highest BCUT2D eigenvalue weighted by Crippen LogP contribution is 2.01. The average Bonchev–Trinajstić information content (AvgIpc) is 2.66. The van der Waals surface area contributed by atoms with E-state index in [1.54, 1.807) is 0 Å². The fourth-order valence-electron chi connectivity index (χ4n) is 2.20. The zero-order chi connectivity index (χ0) is 24.3. The van der Waals surface area contributed by atoms with Crippen molar-refractivity contribution in [3.8, 4) is 0 Å². The highest BCUT2D eigenvalue weighted by molar-refractivity contribution is 7.80. The third-order valence-corrected chi connectivity index (χ3v) is 4.27. The lowest BCUT2D eigenvalue weighted by Gasteiger charge is -2.25. The number of aliphatic hydroxyl groups is 1. The van der Waals surface area contributed by atoms with Gasteiger partial charge >= 0.3 is 11.9 Å². The molecule has 15 heteroatoms. The van der Waals surface area contributed by atoms with Gasteiger partial charge < -0.3 is 42.7 Å². The summed E-state index contributed by atoms with van der Waals surface area (Å²) in [5.74, 6) is -6.84. The maximum atomic E-state index is 12.4. The Morgan fingerprint density at radius 1 is 0.935 bits per heavy atom. The number of aliphatic hydroxyl groups excluding tert-OH is 1. The van der Waals surface area contributed by atoms with Gasteiger partial charge in [-0.15, -0.1) is 0 Å². The van der Waals surface area contributed by atoms with Gasteiger partial charge in [0.2, 0.25) is 23.6 Å². The maximum absolute atomic E-state index is 12.4. The molecule has 14 nitrogen and oxygen atoms in total. The van der Waals surface area contributed by atoms with Gasteiger partial charge in [0.05, 0.1) is 18.6 Å².